The lowest BCUT2D eigenvalue weighted by Crippen LogP contribution is -2.20. The third-order valence-electron chi connectivity index (χ3n) is 6.07. The summed E-state index contributed by atoms with van der Waals surface area (Å²) >= 11 is 0. The van der Waals surface area contributed by atoms with Gasteiger partial charge in [-0.25, -0.2) is 8.42 Å². The highest BCUT2D eigenvalue weighted by Gasteiger charge is 2.19. The van der Waals surface area contributed by atoms with Crippen LogP contribution in [0.15, 0.2) is 108 Å². The maximum Gasteiger partial charge on any atom is 0.257 e. The Morgan fingerprint density at radius 1 is 0.692 bits per heavy atom. The summed E-state index contributed by atoms with van der Waals surface area (Å²) in [7, 11) is -3.49. The zero-order valence-corrected chi connectivity index (χ0v) is 22.2. The number of anilines is 2. The van der Waals surface area contributed by atoms with E-state index in [4.69, 9.17) is 0 Å². The van der Waals surface area contributed by atoms with Gasteiger partial charge in [0.1, 0.15) is 0 Å². The molecule has 0 radical (unpaired) electrons. The maximum absolute atomic E-state index is 13.3. The first kappa shape index (κ1) is 27.5. The lowest BCUT2D eigenvalue weighted by Gasteiger charge is -2.14. The second-order valence-electron chi connectivity index (χ2n) is 9.03. The number of benzene rings is 4. The van der Waals surface area contributed by atoms with Gasteiger partial charge in [-0.2, -0.15) is 0 Å². The summed E-state index contributed by atoms with van der Waals surface area (Å²) in [5.41, 5.74) is 2.58. The molecule has 8 heteroatoms. The minimum atomic E-state index is -3.49. The number of hydrogen-bond donors (Lipinski definition) is 2. The van der Waals surface area contributed by atoms with Crippen LogP contribution in [0.5, 0.6) is 0 Å². The van der Waals surface area contributed by atoms with Crippen LogP contribution in [0, 0.1) is 6.92 Å². The average Bonchev–Trinajstić information content (AvgIpc) is 2.94. The van der Waals surface area contributed by atoms with Gasteiger partial charge in [-0.15, -0.1) is 0 Å². The van der Waals surface area contributed by atoms with Crippen LogP contribution in [0.3, 0.4) is 0 Å². The Bertz CT molecular complexity index is 1600. The SMILES string of the molecule is Cc1ccc(NC(=O)c2ccccc2NC(=O)CCCS(=O)(=O)c2ccccc2)c(C(=O)c2ccccc2)c1. The molecule has 4 aromatic rings. The topological polar surface area (TPSA) is 109 Å². The summed E-state index contributed by atoms with van der Waals surface area (Å²) < 4.78 is 24.9. The first-order chi connectivity index (χ1) is 18.7. The van der Waals surface area contributed by atoms with E-state index in [9.17, 15) is 22.8 Å². The van der Waals surface area contributed by atoms with Gasteiger partial charge in [0.25, 0.3) is 5.91 Å². The smallest absolute Gasteiger partial charge is 0.257 e. The van der Waals surface area contributed by atoms with Gasteiger partial charge in [0.05, 0.1) is 27.6 Å². The summed E-state index contributed by atoms with van der Waals surface area (Å²) in [5, 5.41) is 5.52. The van der Waals surface area contributed by atoms with Gasteiger partial charge in [-0.3, -0.25) is 14.4 Å². The number of carbonyl (C=O) groups excluding carboxylic acids is 3. The maximum atomic E-state index is 13.3. The number of ketones is 1. The van der Waals surface area contributed by atoms with Crippen molar-refractivity contribution in [1.82, 2.24) is 0 Å². The monoisotopic (exact) mass is 540 g/mol. The summed E-state index contributed by atoms with van der Waals surface area (Å²) in [6.45, 7) is 1.86. The van der Waals surface area contributed by atoms with Gasteiger partial charge in [-0.05, 0) is 49.7 Å². The molecule has 2 N–H and O–H groups in total. The van der Waals surface area contributed by atoms with Crippen LogP contribution in [0.4, 0.5) is 11.4 Å². The average molecular weight is 541 g/mol. The third kappa shape index (κ3) is 7.06. The molecule has 0 saturated carbocycles. The Morgan fingerprint density at radius 3 is 2.03 bits per heavy atom. The predicted molar refractivity (Wildman–Crippen MR) is 152 cm³/mol. The molecule has 0 saturated heterocycles. The number of sulfone groups is 1. The molecule has 198 valence electrons. The van der Waals surface area contributed by atoms with E-state index in [2.05, 4.69) is 10.6 Å². The quantitative estimate of drug-likeness (QED) is 0.252. The van der Waals surface area contributed by atoms with Crippen molar-refractivity contribution in [2.45, 2.75) is 24.7 Å². The largest absolute Gasteiger partial charge is 0.325 e. The van der Waals surface area contributed by atoms with E-state index in [1.807, 2.05) is 13.0 Å². The summed E-state index contributed by atoms with van der Waals surface area (Å²) in [4.78, 5) is 39.3. The first-order valence-corrected chi connectivity index (χ1v) is 14.1. The summed E-state index contributed by atoms with van der Waals surface area (Å²) in [6.07, 6.45) is 0.0987. The highest BCUT2D eigenvalue weighted by Crippen LogP contribution is 2.24. The molecule has 2 amide bonds. The van der Waals surface area contributed by atoms with Crippen molar-refractivity contribution in [3.63, 3.8) is 0 Å². The number of aryl methyl sites for hydroxylation is 1. The summed E-state index contributed by atoms with van der Waals surface area (Å²) in [5.74, 6) is -1.29. The zero-order valence-electron chi connectivity index (χ0n) is 21.4. The lowest BCUT2D eigenvalue weighted by atomic mass is 9.99. The predicted octanol–water partition coefficient (Wildman–Crippen LogP) is 5.67. The van der Waals surface area contributed by atoms with Crippen LogP contribution in [-0.2, 0) is 14.6 Å². The zero-order chi connectivity index (χ0) is 27.8. The highest BCUT2D eigenvalue weighted by atomic mass is 32.2. The highest BCUT2D eigenvalue weighted by molar-refractivity contribution is 7.91. The standard InChI is InChI=1S/C31H28N2O5S/c1-22-18-19-28(26(21-22)30(35)23-11-4-2-5-12-23)33-31(36)25-15-8-9-16-27(25)32-29(34)17-10-20-39(37,38)24-13-6-3-7-14-24/h2-9,11-16,18-19,21H,10,17,20H2,1H3,(H,32,34)(H,33,36). The summed E-state index contributed by atoms with van der Waals surface area (Å²) in [6, 6.07) is 28.6. The minimum Gasteiger partial charge on any atom is -0.325 e. The van der Waals surface area contributed by atoms with E-state index in [1.165, 1.54) is 12.1 Å². The van der Waals surface area contributed by atoms with Crippen LogP contribution in [0.2, 0.25) is 0 Å². The normalized spacial score (nSPS) is 11.0. The Kier molecular flexibility index (Phi) is 8.68. The molecule has 0 fully saturated rings. The van der Waals surface area contributed by atoms with Crippen LogP contribution < -0.4 is 10.6 Å². The van der Waals surface area contributed by atoms with Gasteiger partial charge in [0.15, 0.2) is 15.6 Å². The van der Waals surface area contributed by atoms with E-state index in [1.54, 1.807) is 84.9 Å². The molecule has 0 unspecified atom stereocenters. The molecule has 0 atom stereocenters. The molecule has 0 aliphatic heterocycles. The van der Waals surface area contributed by atoms with Crippen LogP contribution in [0.1, 0.15) is 44.7 Å². The molecular weight excluding hydrogens is 512 g/mol. The number of nitrogens with one attached hydrogen (secondary N) is 2. The van der Waals surface area contributed by atoms with Gasteiger partial charge in [0, 0.05) is 17.5 Å². The van der Waals surface area contributed by atoms with E-state index in [-0.39, 0.29) is 40.5 Å². The first-order valence-electron chi connectivity index (χ1n) is 12.4. The molecule has 7 nitrogen and oxygen atoms in total. The van der Waals surface area contributed by atoms with E-state index in [0.29, 0.717) is 16.8 Å². The van der Waals surface area contributed by atoms with E-state index in [0.717, 1.165) is 5.56 Å². The van der Waals surface area contributed by atoms with Crippen molar-refractivity contribution in [2.75, 3.05) is 16.4 Å². The Morgan fingerprint density at radius 2 is 1.31 bits per heavy atom. The Balaban J connectivity index is 1.45. The second kappa shape index (κ2) is 12.3. The fraction of sp³-hybridized carbons (Fsp3) is 0.129. The van der Waals surface area contributed by atoms with Crippen LogP contribution in [0.25, 0.3) is 0 Å². The number of hydrogen-bond acceptors (Lipinski definition) is 5. The molecule has 0 aliphatic carbocycles. The third-order valence-corrected chi connectivity index (χ3v) is 7.89. The molecule has 4 rings (SSSR count). The number of amides is 2. The van der Waals surface area contributed by atoms with Crippen LogP contribution >= 0.6 is 0 Å². The number of para-hydroxylation sites is 1. The Labute approximate surface area is 227 Å². The number of carbonyl (C=O) groups is 3. The van der Waals surface area contributed by atoms with Gasteiger partial charge in [0.2, 0.25) is 5.91 Å². The van der Waals surface area contributed by atoms with Crippen LogP contribution in [-0.4, -0.2) is 31.8 Å². The molecular formula is C31H28N2O5S. The molecule has 39 heavy (non-hydrogen) atoms. The molecule has 4 aromatic carbocycles. The second-order valence-corrected chi connectivity index (χ2v) is 11.1. The van der Waals surface area contributed by atoms with Gasteiger partial charge < -0.3 is 10.6 Å². The molecule has 0 spiro atoms. The fourth-order valence-electron chi connectivity index (χ4n) is 4.06. The van der Waals surface area contributed by atoms with Gasteiger partial charge >= 0.3 is 0 Å². The van der Waals surface area contributed by atoms with Crippen molar-refractivity contribution in [3.05, 3.63) is 125 Å². The van der Waals surface area contributed by atoms with Crippen molar-refractivity contribution >= 4 is 38.8 Å². The molecule has 0 aromatic heterocycles. The van der Waals surface area contributed by atoms with Crippen molar-refractivity contribution < 1.29 is 22.8 Å². The number of rotatable bonds is 10. The molecule has 0 aliphatic rings. The van der Waals surface area contributed by atoms with Gasteiger partial charge in [-0.1, -0.05) is 72.3 Å². The van der Waals surface area contributed by atoms with E-state index < -0.39 is 21.7 Å². The molecule has 0 heterocycles. The lowest BCUT2D eigenvalue weighted by molar-refractivity contribution is -0.116. The van der Waals surface area contributed by atoms with Crippen molar-refractivity contribution in [2.24, 2.45) is 0 Å². The Hall–Kier alpha value is -4.56. The van der Waals surface area contributed by atoms with E-state index >= 15 is 0 Å². The minimum absolute atomic E-state index is 0.0320. The molecule has 0 bridgehead atoms. The van der Waals surface area contributed by atoms with Crippen molar-refractivity contribution in [1.29, 1.82) is 0 Å². The van der Waals surface area contributed by atoms with Crippen molar-refractivity contribution in [3.8, 4) is 0 Å². The fourth-order valence-corrected chi connectivity index (χ4v) is 5.39.